The van der Waals surface area contributed by atoms with Crippen LogP contribution >= 0.6 is 11.8 Å². The predicted octanol–water partition coefficient (Wildman–Crippen LogP) is 3.25. The Hall–Kier alpha value is -2.87. The standard InChI is InChI=1S/C20H21FN4O2S/c1-14(19(26)22-11-10-15-6-8-16(21)9-7-15)28-20-24-23-13-25(20)17-4-3-5-18(12-17)27-2/h3-9,12-14H,10-11H2,1-2H3,(H,22,26)/t14-/m1/s1. The van der Waals surface area contributed by atoms with E-state index in [1.807, 2.05) is 35.8 Å². The van der Waals surface area contributed by atoms with Crippen LogP contribution in [-0.4, -0.2) is 39.6 Å². The lowest BCUT2D eigenvalue weighted by atomic mass is 10.1. The van der Waals surface area contributed by atoms with E-state index in [4.69, 9.17) is 4.74 Å². The number of benzene rings is 2. The Bertz CT molecular complexity index is 930. The molecule has 0 unspecified atom stereocenters. The quantitative estimate of drug-likeness (QED) is 0.588. The molecule has 0 saturated carbocycles. The van der Waals surface area contributed by atoms with Crippen LogP contribution in [0, 0.1) is 5.82 Å². The van der Waals surface area contributed by atoms with Gasteiger partial charge in [-0.3, -0.25) is 9.36 Å². The zero-order valence-electron chi connectivity index (χ0n) is 15.6. The highest BCUT2D eigenvalue weighted by molar-refractivity contribution is 8.00. The minimum atomic E-state index is -0.346. The fourth-order valence-electron chi connectivity index (χ4n) is 2.58. The minimum absolute atomic E-state index is 0.0905. The number of rotatable bonds is 8. The predicted molar refractivity (Wildman–Crippen MR) is 106 cm³/mol. The van der Waals surface area contributed by atoms with E-state index in [2.05, 4.69) is 15.5 Å². The number of amides is 1. The molecule has 0 aliphatic rings. The highest BCUT2D eigenvalue weighted by atomic mass is 32.2. The number of ether oxygens (including phenoxy) is 1. The average Bonchev–Trinajstić information content (AvgIpc) is 3.17. The summed E-state index contributed by atoms with van der Waals surface area (Å²) in [5, 5.41) is 11.3. The first-order valence-electron chi connectivity index (χ1n) is 8.80. The summed E-state index contributed by atoms with van der Waals surface area (Å²) >= 11 is 1.33. The molecule has 0 aliphatic heterocycles. The van der Waals surface area contributed by atoms with Gasteiger partial charge in [0.1, 0.15) is 17.9 Å². The van der Waals surface area contributed by atoms with E-state index in [1.54, 1.807) is 25.6 Å². The Morgan fingerprint density at radius 1 is 1.29 bits per heavy atom. The lowest BCUT2D eigenvalue weighted by Gasteiger charge is -2.13. The van der Waals surface area contributed by atoms with E-state index in [-0.39, 0.29) is 17.0 Å². The summed E-state index contributed by atoms with van der Waals surface area (Å²) < 4.78 is 20.0. The Morgan fingerprint density at radius 3 is 2.82 bits per heavy atom. The fourth-order valence-corrected chi connectivity index (χ4v) is 3.45. The van der Waals surface area contributed by atoms with Crippen LogP contribution in [0.5, 0.6) is 5.75 Å². The zero-order valence-corrected chi connectivity index (χ0v) is 16.4. The first kappa shape index (κ1) is 19.9. The summed E-state index contributed by atoms with van der Waals surface area (Å²) in [6, 6.07) is 13.8. The van der Waals surface area contributed by atoms with Crippen molar-refractivity contribution in [1.29, 1.82) is 0 Å². The number of hydrogen-bond donors (Lipinski definition) is 1. The van der Waals surface area contributed by atoms with Gasteiger partial charge >= 0.3 is 0 Å². The maximum Gasteiger partial charge on any atom is 0.233 e. The summed E-state index contributed by atoms with van der Waals surface area (Å²) in [6.45, 7) is 2.31. The minimum Gasteiger partial charge on any atom is -0.497 e. The van der Waals surface area contributed by atoms with Crippen molar-refractivity contribution in [3.63, 3.8) is 0 Å². The molecule has 3 aromatic rings. The number of hydrogen-bond acceptors (Lipinski definition) is 5. The fraction of sp³-hybridized carbons (Fsp3) is 0.250. The van der Waals surface area contributed by atoms with E-state index in [1.165, 1.54) is 23.9 Å². The Labute approximate surface area is 167 Å². The van der Waals surface area contributed by atoms with Crippen molar-refractivity contribution in [1.82, 2.24) is 20.1 Å². The van der Waals surface area contributed by atoms with Crippen LogP contribution < -0.4 is 10.1 Å². The highest BCUT2D eigenvalue weighted by Crippen LogP contribution is 2.25. The van der Waals surface area contributed by atoms with Crippen molar-refractivity contribution in [3.8, 4) is 11.4 Å². The number of carbonyl (C=O) groups is 1. The molecule has 0 bridgehead atoms. The first-order chi connectivity index (χ1) is 13.6. The van der Waals surface area contributed by atoms with Gasteiger partial charge in [0.2, 0.25) is 5.91 Å². The molecule has 146 valence electrons. The Kier molecular flexibility index (Phi) is 6.65. The smallest absolute Gasteiger partial charge is 0.233 e. The number of methoxy groups -OCH3 is 1. The molecule has 8 heteroatoms. The van der Waals surface area contributed by atoms with Crippen molar-refractivity contribution in [2.24, 2.45) is 0 Å². The molecule has 0 aliphatic carbocycles. The normalized spacial score (nSPS) is 11.8. The van der Waals surface area contributed by atoms with Gasteiger partial charge in [-0.1, -0.05) is 30.0 Å². The van der Waals surface area contributed by atoms with Crippen molar-refractivity contribution >= 4 is 17.7 Å². The van der Waals surface area contributed by atoms with Crippen molar-refractivity contribution < 1.29 is 13.9 Å². The van der Waals surface area contributed by atoms with Crippen molar-refractivity contribution in [2.45, 2.75) is 23.8 Å². The SMILES string of the molecule is COc1cccc(-n2cnnc2S[C@H](C)C(=O)NCCc2ccc(F)cc2)c1. The number of nitrogens with one attached hydrogen (secondary N) is 1. The maximum absolute atomic E-state index is 12.9. The molecule has 2 aromatic carbocycles. The van der Waals surface area contributed by atoms with Gasteiger partial charge in [-0.15, -0.1) is 10.2 Å². The van der Waals surface area contributed by atoms with E-state index >= 15 is 0 Å². The second-order valence-corrected chi connectivity index (χ2v) is 7.42. The van der Waals surface area contributed by atoms with Crippen LogP contribution in [0.3, 0.4) is 0 Å². The second-order valence-electron chi connectivity index (χ2n) is 6.11. The topological polar surface area (TPSA) is 69.0 Å². The second kappa shape index (κ2) is 9.36. The van der Waals surface area contributed by atoms with E-state index < -0.39 is 0 Å². The molecule has 28 heavy (non-hydrogen) atoms. The van der Waals surface area contributed by atoms with Gasteiger partial charge in [0.25, 0.3) is 0 Å². The maximum atomic E-state index is 12.9. The summed E-state index contributed by atoms with van der Waals surface area (Å²) in [5.41, 5.74) is 1.83. The molecule has 1 heterocycles. The molecule has 0 spiro atoms. The number of halogens is 1. The largest absolute Gasteiger partial charge is 0.497 e. The van der Waals surface area contributed by atoms with E-state index in [9.17, 15) is 9.18 Å². The van der Waals surface area contributed by atoms with E-state index in [0.717, 1.165) is 17.0 Å². The summed E-state index contributed by atoms with van der Waals surface area (Å²) in [4.78, 5) is 12.4. The average molecular weight is 400 g/mol. The van der Waals surface area contributed by atoms with Crippen LogP contribution in [0.15, 0.2) is 60.0 Å². The molecule has 3 rings (SSSR count). The van der Waals surface area contributed by atoms with Crippen molar-refractivity contribution in [3.05, 3.63) is 66.2 Å². The third kappa shape index (κ3) is 5.10. The molecule has 0 fully saturated rings. The molecule has 0 radical (unpaired) electrons. The van der Waals surface area contributed by atoms with Gasteiger partial charge in [-0.05, 0) is 43.2 Å². The lowest BCUT2D eigenvalue weighted by molar-refractivity contribution is -0.120. The number of carbonyl (C=O) groups excluding carboxylic acids is 1. The molecule has 6 nitrogen and oxygen atoms in total. The van der Waals surface area contributed by atoms with Crippen LogP contribution in [0.2, 0.25) is 0 Å². The van der Waals surface area contributed by atoms with Gasteiger partial charge in [0.15, 0.2) is 5.16 Å². The molecular weight excluding hydrogens is 379 g/mol. The van der Waals surface area contributed by atoms with Crippen LogP contribution in [0.1, 0.15) is 12.5 Å². The third-order valence-electron chi connectivity index (χ3n) is 4.13. The van der Waals surface area contributed by atoms with Gasteiger partial charge in [-0.25, -0.2) is 4.39 Å². The molecule has 1 atom stereocenters. The van der Waals surface area contributed by atoms with Crippen LogP contribution in [0.25, 0.3) is 5.69 Å². The van der Waals surface area contributed by atoms with Gasteiger partial charge in [-0.2, -0.15) is 0 Å². The number of thioether (sulfide) groups is 1. The Morgan fingerprint density at radius 2 is 2.07 bits per heavy atom. The number of nitrogens with zero attached hydrogens (tertiary/aromatic N) is 3. The molecular formula is C20H21FN4O2S. The zero-order chi connectivity index (χ0) is 19.9. The van der Waals surface area contributed by atoms with Crippen LogP contribution in [0.4, 0.5) is 4.39 Å². The Balaban J connectivity index is 1.57. The molecule has 0 saturated heterocycles. The van der Waals surface area contributed by atoms with Crippen LogP contribution in [-0.2, 0) is 11.2 Å². The van der Waals surface area contributed by atoms with Gasteiger partial charge < -0.3 is 10.1 Å². The number of aromatic nitrogens is 3. The third-order valence-corrected chi connectivity index (χ3v) is 5.18. The lowest BCUT2D eigenvalue weighted by Crippen LogP contribution is -2.32. The first-order valence-corrected chi connectivity index (χ1v) is 9.68. The molecule has 1 amide bonds. The van der Waals surface area contributed by atoms with Crippen molar-refractivity contribution in [2.75, 3.05) is 13.7 Å². The summed E-state index contributed by atoms with van der Waals surface area (Å²) in [6.07, 6.45) is 2.25. The van der Waals surface area contributed by atoms with Gasteiger partial charge in [0, 0.05) is 12.6 Å². The highest BCUT2D eigenvalue weighted by Gasteiger charge is 2.18. The summed E-state index contributed by atoms with van der Waals surface area (Å²) in [7, 11) is 1.61. The van der Waals surface area contributed by atoms with Gasteiger partial charge in [0.05, 0.1) is 18.0 Å². The molecule has 1 aromatic heterocycles. The van der Waals surface area contributed by atoms with E-state index in [0.29, 0.717) is 18.1 Å². The summed E-state index contributed by atoms with van der Waals surface area (Å²) in [5.74, 6) is 0.374. The molecule has 1 N–H and O–H groups in total. The monoisotopic (exact) mass is 400 g/mol.